The van der Waals surface area contributed by atoms with Crippen LogP contribution >= 0.6 is 0 Å². The maximum absolute atomic E-state index is 13.4. The summed E-state index contributed by atoms with van der Waals surface area (Å²) in [5, 5.41) is 2.99. The van der Waals surface area contributed by atoms with Gasteiger partial charge in [-0.15, -0.1) is 0 Å². The van der Waals surface area contributed by atoms with E-state index in [2.05, 4.69) is 14.9 Å². The van der Waals surface area contributed by atoms with E-state index in [1.807, 2.05) is 61.2 Å². The smallest absolute Gasteiger partial charge is 0.273 e. The van der Waals surface area contributed by atoms with Crippen molar-refractivity contribution in [3.8, 4) is 11.4 Å². The third-order valence-corrected chi connectivity index (χ3v) is 6.30. The SMILES string of the molecule is CC(C)NC(=O)c1nc(-c2ccccc2)n2c1C[C@@H]1CC[C@H](C2)N1C(=O)c1ccccn1. The molecule has 5 rings (SSSR count). The standard InChI is InChI=1S/C25H27N5O2/c1-16(2)27-24(31)22-21-14-18-11-12-19(30(18)25(32)20-10-6-7-13-26-20)15-29(21)23(28-22)17-8-4-3-5-9-17/h3-10,13,16,18-19H,11-12,14-15H2,1-2H3,(H,27,31)/t18-,19+/m0/s1. The molecule has 2 bridgehead atoms. The number of carbonyl (C=O) groups is 2. The van der Waals surface area contributed by atoms with Gasteiger partial charge in [-0.05, 0) is 38.8 Å². The van der Waals surface area contributed by atoms with Crippen LogP contribution in [-0.2, 0) is 13.0 Å². The lowest BCUT2D eigenvalue weighted by atomic mass is 10.0. The predicted molar refractivity (Wildman–Crippen MR) is 121 cm³/mol. The molecule has 7 heteroatoms. The van der Waals surface area contributed by atoms with Gasteiger partial charge in [-0.3, -0.25) is 14.6 Å². The summed E-state index contributed by atoms with van der Waals surface area (Å²) >= 11 is 0. The topological polar surface area (TPSA) is 80.1 Å². The first kappa shape index (κ1) is 20.4. The van der Waals surface area contributed by atoms with Crippen molar-refractivity contribution < 1.29 is 9.59 Å². The Morgan fingerprint density at radius 1 is 1.03 bits per heavy atom. The van der Waals surface area contributed by atoms with E-state index in [4.69, 9.17) is 4.98 Å². The van der Waals surface area contributed by atoms with Gasteiger partial charge in [0.05, 0.1) is 11.7 Å². The van der Waals surface area contributed by atoms with Gasteiger partial charge in [0.15, 0.2) is 0 Å². The number of imidazole rings is 1. The highest BCUT2D eigenvalue weighted by Crippen LogP contribution is 2.36. The first-order valence-corrected chi connectivity index (χ1v) is 11.2. The highest BCUT2D eigenvalue weighted by molar-refractivity contribution is 5.95. The molecule has 1 saturated heterocycles. The van der Waals surface area contributed by atoms with E-state index in [1.54, 1.807) is 12.3 Å². The van der Waals surface area contributed by atoms with Gasteiger partial charge in [0.2, 0.25) is 0 Å². The Balaban J connectivity index is 1.57. The van der Waals surface area contributed by atoms with Crippen molar-refractivity contribution in [1.82, 2.24) is 24.8 Å². The van der Waals surface area contributed by atoms with Crippen molar-refractivity contribution in [2.24, 2.45) is 0 Å². The molecule has 1 N–H and O–H groups in total. The number of fused-ring (bicyclic) bond motifs is 3. The van der Waals surface area contributed by atoms with Crippen LogP contribution in [0.2, 0.25) is 0 Å². The first-order valence-electron chi connectivity index (χ1n) is 11.2. The normalized spacial score (nSPS) is 19.5. The molecule has 2 aromatic heterocycles. The van der Waals surface area contributed by atoms with E-state index in [0.717, 1.165) is 29.9 Å². The Labute approximate surface area is 187 Å². The Morgan fingerprint density at radius 2 is 1.78 bits per heavy atom. The molecular formula is C25H27N5O2. The van der Waals surface area contributed by atoms with Crippen LogP contribution < -0.4 is 5.32 Å². The summed E-state index contributed by atoms with van der Waals surface area (Å²) in [6, 6.07) is 15.5. The van der Waals surface area contributed by atoms with Gasteiger partial charge in [0.1, 0.15) is 17.2 Å². The third-order valence-electron chi connectivity index (χ3n) is 6.30. The Morgan fingerprint density at radius 3 is 2.50 bits per heavy atom. The van der Waals surface area contributed by atoms with E-state index in [9.17, 15) is 9.59 Å². The van der Waals surface area contributed by atoms with Crippen LogP contribution in [0.3, 0.4) is 0 Å². The van der Waals surface area contributed by atoms with Gasteiger partial charge in [-0.2, -0.15) is 0 Å². The Kier molecular flexibility index (Phi) is 5.25. The molecule has 1 fully saturated rings. The number of nitrogens with zero attached hydrogens (tertiary/aromatic N) is 4. The summed E-state index contributed by atoms with van der Waals surface area (Å²) in [7, 11) is 0. The zero-order chi connectivity index (χ0) is 22.2. The first-order chi connectivity index (χ1) is 15.5. The van der Waals surface area contributed by atoms with Crippen LogP contribution in [0, 0.1) is 0 Å². The fraction of sp³-hybridized carbons (Fsp3) is 0.360. The summed E-state index contributed by atoms with van der Waals surface area (Å²) in [5.74, 6) is 0.588. The summed E-state index contributed by atoms with van der Waals surface area (Å²) in [6.07, 6.45) is 4.11. The van der Waals surface area contributed by atoms with E-state index in [0.29, 0.717) is 24.4 Å². The molecule has 2 atom stereocenters. The van der Waals surface area contributed by atoms with Crippen LogP contribution in [-0.4, -0.2) is 49.4 Å². The molecular weight excluding hydrogens is 402 g/mol. The molecule has 0 saturated carbocycles. The molecule has 4 heterocycles. The van der Waals surface area contributed by atoms with Crippen LogP contribution in [0.5, 0.6) is 0 Å². The Hall–Kier alpha value is -3.48. The number of benzene rings is 1. The fourth-order valence-corrected chi connectivity index (χ4v) is 4.94. The van der Waals surface area contributed by atoms with Crippen molar-refractivity contribution in [2.75, 3.05) is 0 Å². The van der Waals surface area contributed by atoms with Gasteiger partial charge in [-0.1, -0.05) is 36.4 Å². The number of aromatic nitrogens is 3. The minimum Gasteiger partial charge on any atom is -0.348 e. The predicted octanol–water partition coefficient (Wildman–Crippen LogP) is 3.31. The van der Waals surface area contributed by atoms with Crippen LogP contribution in [0.25, 0.3) is 11.4 Å². The Bertz CT molecular complexity index is 1140. The highest BCUT2D eigenvalue weighted by atomic mass is 16.2. The van der Waals surface area contributed by atoms with Crippen LogP contribution in [0.15, 0.2) is 54.7 Å². The second-order valence-corrected chi connectivity index (χ2v) is 8.85. The van der Waals surface area contributed by atoms with Crippen molar-refractivity contribution in [3.05, 3.63) is 71.8 Å². The molecule has 7 nitrogen and oxygen atoms in total. The molecule has 3 aromatic rings. The number of hydrogen-bond acceptors (Lipinski definition) is 4. The van der Waals surface area contributed by atoms with Crippen molar-refractivity contribution in [1.29, 1.82) is 0 Å². The van der Waals surface area contributed by atoms with Crippen molar-refractivity contribution in [2.45, 2.75) is 57.8 Å². The maximum Gasteiger partial charge on any atom is 0.273 e. The number of nitrogens with one attached hydrogen (secondary N) is 1. The van der Waals surface area contributed by atoms with Crippen LogP contribution in [0.1, 0.15) is 53.4 Å². The maximum atomic E-state index is 13.4. The number of carbonyl (C=O) groups excluding carboxylic acids is 2. The lowest BCUT2D eigenvalue weighted by Gasteiger charge is -2.27. The van der Waals surface area contributed by atoms with Gasteiger partial charge in [0.25, 0.3) is 11.8 Å². The average molecular weight is 430 g/mol. The quantitative estimate of drug-likeness (QED) is 0.690. The van der Waals surface area contributed by atoms with Gasteiger partial charge < -0.3 is 14.8 Å². The van der Waals surface area contributed by atoms with Gasteiger partial charge in [0, 0.05) is 36.8 Å². The van der Waals surface area contributed by atoms with E-state index < -0.39 is 0 Å². The number of pyridine rings is 1. The molecule has 0 aliphatic carbocycles. The number of hydrogen-bond donors (Lipinski definition) is 1. The molecule has 32 heavy (non-hydrogen) atoms. The molecule has 2 aliphatic heterocycles. The molecule has 0 unspecified atom stereocenters. The highest BCUT2D eigenvalue weighted by Gasteiger charge is 2.42. The van der Waals surface area contributed by atoms with Crippen LogP contribution in [0.4, 0.5) is 0 Å². The third kappa shape index (κ3) is 3.57. The second-order valence-electron chi connectivity index (χ2n) is 8.85. The van der Waals surface area contributed by atoms with E-state index >= 15 is 0 Å². The molecule has 164 valence electrons. The lowest BCUT2D eigenvalue weighted by Crippen LogP contribution is -2.42. The molecule has 0 radical (unpaired) electrons. The molecule has 2 aliphatic rings. The number of amides is 2. The second kappa shape index (κ2) is 8.22. The van der Waals surface area contributed by atoms with E-state index in [1.165, 1.54) is 0 Å². The van der Waals surface area contributed by atoms with Crippen molar-refractivity contribution in [3.63, 3.8) is 0 Å². The minimum absolute atomic E-state index is 0.0180. The fourth-order valence-electron chi connectivity index (χ4n) is 4.94. The molecule has 1 aromatic carbocycles. The average Bonchev–Trinajstić information content (AvgIpc) is 3.30. The molecule has 2 amide bonds. The summed E-state index contributed by atoms with van der Waals surface area (Å²) in [5.41, 5.74) is 2.82. The summed E-state index contributed by atoms with van der Waals surface area (Å²) in [6.45, 7) is 4.51. The summed E-state index contributed by atoms with van der Waals surface area (Å²) in [4.78, 5) is 37.5. The van der Waals surface area contributed by atoms with Gasteiger partial charge >= 0.3 is 0 Å². The zero-order valence-corrected chi connectivity index (χ0v) is 18.4. The largest absolute Gasteiger partial charge is 0.348 e. The zero-order valence-electron chi connectivity index (χ0n) is 18.4. The molecule has 0 spiro atoms. The summed E-state index contributed by atoms with van der Waals surface area (Å²) < 4.78 is 2.16. The number of rotatable bonds is 4. The van der Waals surface area contributed by atoms with Gasteiger partial charge in [-0.25, -0.2) is 4.98 Å². The lowest BCUT2D eigenvalue weighted by molar-refractivity contribution is 0.0660. The monoisotopic (exact) mass is 429 g/mol. The van der Waals surface area contributed by atoms with Crippen molar-refractivity contribution >= 4 is 11.8 Å². The van der Waals surface area contributed by atoms with E-state index in [-0.39, 0.29) is 29.9 Å². The minimum atomic E-state index is -0.161.